The van der Waals surface area contributed by atoms with Crippen molar-refractivity contribution in [3.8, 4) is 0 Å². The van der Waals surface area contributed by atoms with Crippen LogP contribution in [0.3, 0.4) is 0 Å². The largest absolute Gasteiger partial charge is 0.394 e. The molecule has 1 unspecified atom stereocenters. The van der Waals surface area contributed by atoms with Crippen molar-refractivity contribution in [2.24, 2.45) is 46.3 Å². The van der Waals surface area contributed by atoms with Crippen LogP contribution in [0.2, 0.25) is 0 Å². The van der Waals surface area contributed by atoms with Crippen molar-refractivity contribution in [1.82, 2.24) is 0 Å². The highest BCUT2D eigenvalue weighted by molar-refractivity contribution is 5.97. The third kappa shape index (κ3) is 6.96. The summed E-state index contributed by atoms with van der Waals surface area (Å²) in [6.45, 7) is 7.40. The molecule has 3 saturated carbocycles. The van der Waals surface area contributed by atoms with Gasteiger partial charge in [-0.3, -0.25) is 4.79 Å². The lowest BCUT2D eigenvalue weighted by molar-refractivity contribution is -0.379. The van der Waals surface area contributed by atoms with E-state index >= 15 is 0 Å². The zero-order chi connectivity index (χ0) is 44.4. The first-order valence-corrected chi connectivity index (χ1v) is 22.8. The Bertz CT molecular complexity index is 1690. The summed E-state index contributed by atoms with van der Waals surface area (Å²) in [5, 5.41) is 109. The second kappa shape index (κ2) is 16.5. The van der Waals surface area contributed by atoms with E-state index in [1.54, 1.807) is 0 Å². The molecule has 0 aromatic heterocycles. The van der Waals surface area contributed by atoms with Gasteiger partial charge in [0.25, 0.3) is 0 Å². The fraction of sp³-hybridized carbons (Fsp3) is 0.932. The Morgan fingerprint density at radius 1 is 0.774 bits per heavy atom. The molecule has 4 aliphatic carbocycles. The molecule has 9 rings (SSSR count). The summed E-state index contributed by atoms with van der Waals surface area (Å²) >= 11 is 0. The summed E-state index contributed by atoms with van der Waals surface area (Å²) in [5.41, 5.74) is -1.54. The van der Waals surface area contributed by atoms with Crippen molar-refractivity contribution in [2.75, 3.05) is 26.4 Å². The molecular weight excluding hydrogens is 816 g/mol. The van der Waals surface area contributed by atoms with Gasteiger partial charge in [-0.2, -0.15) is 0 Å². The zero-order valence-electron chi connectivity index (χ0n) is 35.9. The van der Waals surface area contributed by atoms with Gasteiger partial charge < -0.3 is 84.2 Å². The number of hydrogen-bond donors (Lipinski definition) is 10. The topological polar surface area (TPSA) is 284 Å². The molecule has 1 spiro atoms. The van der Waals surface area contributed by atoms with Crippen LogP contribution in [0.15, 0.2) is 11.6 Å². The van der Waals surface area contributed by atoms with Gasteiger partial charge in [0, 0.05) is 23.7 Å². The fourth-order valence-corrected chi connectivity index (χ4v) is 13.8. The number of ketones is 1. The third-order valence-electron chi connectivity index (χ3n) is 17.6. The van der Waals surface area contributed by atoms with Crippen molar-refractivity contribution in [3.05, 3.63) is 11.6 Å². The molecular formula is C44H68O18. The predicted octanol–water partition coefficient (Wildman–Crippen LogP) is -1.61. The minimum atomic E-state index is -1.84. The van der Waals surface area contributed by atoms with E-state index in [2.05, 4.69) is 27.7 Å². The molecule has 352 valence electrons. The third-order valence-corrected chi connectivity index (χ3v) is 17.6. The second-order valence-electron chi connectivity index (χ2n) is 20.8. The first-order valence-electron chi connectivity index (χ1n) is 22.8. The Balaban J connectivity index is 0.903. The summed E-state index contributed by atoms with van der Waals surface area (Å²) in [4.78, 5) is 14.6. The molecule has 5 saturated heterocycles. The van der Waals surface area contributed by atoms with Gasteiger partial charge in [0.15, 0.2) is 24.2 Å². The molecule has 18 nitrogen and oxygen atoms in total. The van der Waals surface area contributed by atoms with E-state index in [1.807, 2.05) is 6.08 Å². The predicted molar refractivity (Wildman–Crippen MR) is 210 cm³/mol. The number of fused-ring (bicyclic) bond motifs is 7. The van der Waals surface area contributed by atoms with Crippen LogP contribution in [0.5, 0.6) is 0 Å². The highest BCUT2D eigenvalue weighted by Crippen LogP contribution is 2.69. The highest BCUT2D eigenvalue weighted by Gasteiger charge is 2.71. The average Bonchev–Trinajstić information content (AvgIpc) is 3.70. The van der Waals surface area contributed by atoms with E-state index < -0.39 is 128 Å². The molecule has 9 aliphatic rings. The van der Waals surface area contributed by atoms with Crippen LogP contribution in [0.1, 0.15) is 79.1 Å². The van der Waals surface area contributed by atoms with E-state index in [0.717, 1.165) is 37.7 Å². The van der Waals surface area contributed by atoms with Gasteiger partial charge in [0.1, 0.15) is 73.2 Å². The molecule has 0 aromatic rings. The standard InChI is InChI=1S/C44H68O18/c1-18-7-8-44(57-16-18)19(2)29-25(62-44)11-23-21-6-5-20-13-43(55,10-9-41(20,3)22(21)12-28(48)42(23,29)4)38-34(53)33(52)36(27(15-46)58-38)60-40-37(32(51)31(50)26(14-45)59-40)61-39-35(54)30(49)24(47)17-56-39/h12,18-21,23-27,29-40,45-47,49-55H,5-11,13-17H2,1-4H3/t18?,19-,20-,21+,23-,24+,25-,26+,27+,29-,30-,31+,32-,33+,34+,35+,36-,37+,38+,39-,40-,41-,42+,43+,44+/m0/s1. The van der Waals surface area contributed by atoms with Crippen LogP contribution >= 0.6 is 0 Å². The fourth-order valence-electron chi connectivity index (χ4n) is 13.8. The lowest BCUT2D eigenvalue weighted by Crippen LogP contribution is -2.69. The summed E-state index contributed by atoms with van der Waals surface area (Å²) in [6, 6.07) is 0. The molecule has 62 heavy (non-hydrogen) atoms. The smallest absolute Gasteiger partial charge is 0.187 e. The van der Waals surface area contributed by atoms with Crippen LogP contribution in [-0.2, 0) is 38.0 Å². The van der Waals surface area contributed by atoms with Gasteiger partial charge in [-0.05, 0) is 80.1 Å². The van der Waals surface area contributed by atoms with Crippen molar-refractivity contribution in [3.63, 3.8) is 0 Å². The summed E-state index contributed by atoms with van der Waals surface area (Å²) in [5.74, 6) is 0.290. The SMILES string of the molecule is CC1CC[C@@]2(OC1)O[C@H]1C[C@H]3[C@@H]4CC[C@H]5C[C@@](O)([C@@H]6O[C@H](CO)[C@H](O[C@@H]7O[C@H](CO)[C@@H](O)[C@H](O)[C@H]7O[C@@H]7OC[C@@H](O)[C@H](O)[C@H]7O)[C@H](O)[C@H]6O)CC[C@]5(C)C4=CC(=O)[C@]3(C)[C@H]1[C@@H]2C. The Kier molecular flexibility index (Phi) is 12.2. The summed E-state index contributed by atoms with van der Waals surface area (Å²) in [6.07, 6.45) is -15.9. The molecule has 0 bridgehead atoms. The lowest BCUT2D eigenvalue weighted by atomic mass is 9.46. The molecule has 0 amide bonds. The normalized spacial score (nSPS) is 57.7. The maximum absolute atomic E-state index is 14.6. The van der Waals surface area contributed by atoms with E-state index in [-0.39, 0.29) is 54.3 Å². The van der Waals surface area contributed by atoms with Gasteiger partial charge in [-0.1, -0.05) is 33.3 Å². The van der Waals surface area contributed by atoms with E-state index in [4.69, 9.17) is 33.2 Å². The molecule has 10 N–H and O–H groups in total. The number of carbonyl (C=O) groups excluding carboxylic acids is 1. The van der Waals surface area contributed by atoms with Gasteiger partial charge in [0.2, 0.25) is 0 Å². The quantitative estimate of drug-likeness (QED) is 0.138. The Hall–Kier alpha value is -1.27. The summed E-state index contributed by atoms with van der Waals surface area (Å²) < 4.78 is 42.4. The van der Waals surface area contributed by atoms with Crippen LogP contribution in [0, 0.1) is 46.3 Å². The number of aliphatic hydroxyl groups is 10. The summed E-state index contributed by atoms with van der Waals surface area (Å²) in [7, 11) is 0. The van der Waals surface area contributed by atoms with Gasteiger partial charge in [0.05, 0.1) is 38.1 Å². The molecule has 0 radical (unpaired) electrons. The van der Waals surface area contributed by atoms with E-state index in [1.165, 1.54) is 0 Å². The van der Waals surface area contributed by atoms with Crippen molar-refractivity contribution in [1.29, 1.82) is 0 Å². The molecule has 0 aromatic carbocycles. The molecule has 18 heteroatoms. The lowest BCUT2D eigenvalue weighted by Gasteiger charge is -2.59. The Labute approximate surface area is 361 Å². The Morgan fingerprint density at radius 2 is 1.48 bits per heavy atom. The van der Waals surface area contributed by atoms with Gasteiger partial charge in [-0.25, -0.2) is 0 Å². The number of allylic oxidation sites excluding steroid dienone is 2. The van der Waals surface area contributed by atoms with Crippen LogP contribution in [0.25, 0.3) is 0 Å². The number of hydrogen-bond acceptors (Lipinski definition) is 18. The Morgan fingerprint density at radius 3 is 2.18 bits per heavy atom. The van der Waals surface area contributed by atoms with E-state index in [9.17, 15) is 55.9 Å². The minimum absolute atomic E-state index is 0.0514. The second-order valence-corrected chi connectivity index (χ2v) is 20.8. The minimum Gasteiger partial charge on any atom is -0.394 e. The van der Waals surface area contributed by atoms with E-state index in [0.29, 0.717) is 18.9 Å². The van der Waals surface area contributed by atoms with Crippen molar-refractivity contribution >= 4 is 5.78 Å². The first-order chi connectivity index (χ1) is 29.3. The molecule has 5 heterocycles. The van der Waals surface area contributed by atoms with Crippen molar-refractivity contribution < 1.29 is 89.0 Å². The molecule has 8 fully saturated rings. The monoisotopic (exact) mass is 884 g/mol. The van der Waals surface area contributed by atoms with Crippen LogP contribution in [0.4, 0.5) is 0 Å². The van der Waals surface area contributed by atoms with Gasteiger partial charge >= 0.3 is 0 Å². The molecule has 25 atom stereocenters. The maximum Gasteiger partial charge on any atom is 0.187 e. The zero-order valence-corrected chi connectivity index (χ0v) is 35.9. The molecule has 5 aliphatic heterocycles. The van der Waals surface area contributed by atoms with Crippen molar-refractivity contribution in [2.45, 2.75) is 182 Å². The number of rotatable bonds is 7. The number of aliphatic hydroxyl groups excluding tert-OH is 9. The maximum atomic E-state index is 14.6. The van der Waals surface area contributed by atoms with Gasteiger partial charge in [-0.15, -0.1) is 0 Å². The number of carbonyl (C=O) groups is 1. The number of ether oxygens (including phenoxy) is 7. The van der Waals surface area contributed by atoms with Crippen LogP contribution < -0.4 is 0 Å². The first kappa shape index (κ1) is 45.9. The highest BCUT2D eigenvalue weighted by atomic mass is 16.8. The average molecular weight is 885 g/mol. The van der Waals surface area contributed by atoms with Crippen LogP contribution in [-0.4, -0.2) is 187 Å².